The van der Waals surface area contributed by atoms with Crippen LogP contribution < -0.4 is 0 Å². The molecule has 1 fully saturated rings. The maximum absolute atomic E-state index is 12.2. The third-order valence-electron chi connectivity index (χ3n) is 6.34. The number of aliphatic hydroxyl groups excluding tert-OH is 1. The van der Waals surface area contributed by atoms with Crippen LogP contribution >= 0.6 is 0 Å². The lowest BCUT2D eigenvalue weighted by Crippen LogP contribution is -2.24. The Morgan fingerprint density at radius 2 is 1.52 bits per heavy atom. The monoisotopic (exact) mass is 466 g/mol. The molecule has 6 nitrogen and oxygen atoms in total. The van der Waals surface area contributed by atoms with Gasteiger partial charge >= 0.3 is 11.9 Å². The fourth-order valence-corrected chi connectivity index (χ4v) is 4.20. The van der Waals surface area contributed by atoms with Crippen LogP contribution in [-0.4, -0.2) is 49.6 Å². The number of ether oxygens (including phenoxy) is 3. The van der Waals surface area contributed by atoms with E-state index in [1.54, 1.807) is 13.8 Å². The molecular weight excluding hydrogens is 420 g/mol. The normalized spacial score (nSPS) is 20.0. The van der Waals surface area contributed by atoms with Crippen molar-refractivity contribution in [3.63, 3.8) is 0 Å². The lowest BCUT2D eigenvalue weighted by atomic mass is 9.77. The van der Waals surface area contributed by atoms with E-state index in [2.05, 4.69) is 20.1 Å². The van der Waals surface area contributed by atoms with Crippen molar-refractivity contribution in [2.45, 2.75) is 91.1 Å². The second-order valence-corrected chi connectivity index (χ2v) is 9.77. The maximum atomic E-state index is 12.2. The quantitative estimate of drug-likeness (QED) is 0.176. The van der Waals surface area contributed by atoms with Crippen LogP contribution in [0.5, 0.6) is 0 Å². The molecule has 1 saturated carbocycles. The van der Waals surface area contributed by atoms with E-state index in [0.717, 1.165) is 18.8 Å². The van der Waals surface area contributed by atoms with Crippen LogP contribution in [0.4, 0.5) is 0 Å². The Labute approximate surface area is 200 Å². The van der Waals surface area contributed by atoms with E-state index in [0.29, 0.717) is 11.5 Å². The van der Waals surface area contributed by atoms with Gasteiger partial charge in [-0.25, -0.2) is 9.59 Å². The molecular formula is C27H46O6. The molecule has 1 rings (SSSR count). The molecule has 0 aromatic rings. The number of hydrogen-bond acceptors (Lipinski definition) is 6. The summed E-state index contributed by atoms with van der Waals surface area (Å²) >= 11 is 0. The largest absolute Gasteiger partial charge is 0.462 e. The average molecular weight is 467 g/mol. The van der Waals surface area contributed by atoms with Gasteiger partial charge in [0.25, 0.3) is 0 Å². The molecule has 0 saturated heterocycles. The van der Waals surface area contributed by atoms with Gasteiger partial charge in [0.2, 0.25) is 0 Å². The highest BCUT2D eigenvalue weighted by molar-refractivity contribution is 5.88. The minimum Gasteiger partial charge on any atom is -0.462 e. The molecule has 2 atom stereocenters. The van der Waals surface area contributed by atoms with Crippen LogP contribution in [0.25, 0.3) is 0 Å². The first-order valence-electron chi connectivity index (χ1n) is 12.7. The van der Waals surface area contributed by atoms with Crippen molar-refractivity contribution in [2.24, 2.45) is 17.8 Å². The summed E-state index contributed by atoms with van der Waals surface area (Å²) in [6.45, 7) is 13.3. The Morgan fingerprint density at radius 3 is 2.06 bits per heavy atom. The number of rotatable bonds is 17. The number of carbonyl (C=O) groups is 2. The minimum atomic E-state index is -0.604. The van der Waals surface area contributed by atoms with Gasteiger partial charge in [-0.2, -0.15) is 0 Å². The van der Waals surface area contributed by atoms with Gasteiger partial charge in [-0.05, 0) is 38.5 Å². The highest BCUT2D eigenvalue weighted by Gasteiger charge is 2.23. The van der Waals surface area contributed by atoms with Crippen molar-refractivity contribution >= 4 is 11.9 Å². The first-order chi connectivity index (χ1) is 15.7. The van der Waals surface area contributed by atoms with Gasteiger partial charge in [-0.3, -0.25) is 0 Å². The molecule has 33 heavy (non-hydrogen) atoms. The number of aliphatic hydroxyl groups is 1. The number of unbranched alkanes of at least 4 members (excludes halogenated alkanes) is 2. The Balaban J connectivity index is 2.45. The first kappa shape index (κ1) is 29.4. The van der Waals surface area contributed by atoms with Gasteiger partial charge in [0.05, 0.1) is 38.1 Å². The molecule has 0 aromatic carbocycles. The Morgan fingerprint density at radius 1 is 0.939 bits per heavy atom. The van der Waals surface area contributed by atoms with Gasteiger partial charge in [-0.15, -0.1) is 0 Å². The molecule has 2 unspecified atom stereocenters. The van der Waals surface area contributed by atoms with E-state index in [9.17, 15) is 14.7 Å². The molecule has 1 aliphatic carbocycles. The van der Waals surface area contributed by atoms with Gasteiger partial charge in [0, 0.05) is 11.5 Å². The van der Waals surface area contributed by atoms with Crippen molar-refractivity contribution in [1.82, 2.24) is 0 Å². The lowest BCUT2D eigenvalue weighted by molar-refractivity contribution is -0.144. The van der Waals surface area contributed by atoms with Gasteiger partial charge in [0.1, 0.15) is 0 Å². The molecule has 1 aliphatic rings. The zero-order valence-electron chi connectivity index (χ0n) is 21.1. The van der Waals surface area contributed by atoms with Crippen LogP contribution in [0.1, 0.15) is 85.0 Å². The number of carbonyl (C=O) groups excluding carboxylic acids is 2. The summed E-state index contributed by atoms with van der Waals surface area (Å²) < 4.78 is 16.0. The highest BCUT2D eigenvalue weighted by atomic mass is 16.5. The van der Waals surface area contributed by atoms with Gasteiger partial charge in [-0.1, -0.05) is 71.4 Å². The predicted molar refractivity (Wildman–Crippen MR) is 131 cm³/mol. The third-order valence-corrected chi connectivity index (χ3v) is 6.34. The number of esters is 2. The van der Waals surface area contributed by atoms with Crippen LogP contribution in [0, 0.1) is 17.8 Å². The summed E-state index contributed by atoms with van der Waals surface area (Å²) in [5.74, 6) is 0.555. The fourth-order valence-electron chi connectivity index (χ4n) is 4.20. The van der Waals surface area contributed by atoms with E-state index >= 15 is 0 Å². The lowest BCUT2D eigenvalue weighted by Gasteiger charge is -2.29. The standard InChI is InChI=1S/C27H46O6/c1-6-7-8-9-23-10-12-24(13-11-23)14-15-25(18-32-26(29)20(2)3)19-33-27(30)21(4)16-31-17-22(5)28/h22-25,28H,2,4,6-19H2,1,3,5H3. The molecule has 6 heteroatoms. The summed E-state index contributed by atoms with van der Waals surface area (Å²) in [5.41, 5.74) is 0.561. The molecule has 0 radical (unpaired) electrons. The van der Waals surface area contributed by atoms with Gasteiger partial charge < -0.3 is 19.3 Å². The van der Waals surface area contributed by atoms with Crippen LogP contribution in [0.3, 0.4) is 0 Å². The highest BCUT2D eigenvalue weighted by Crippen LogP contribution is 2.35. The molecule has 1 N–H and O–H groups in total. The van der Waals surface area contributed by atoms with E-state index in [1.165, 1.54) is 51.4 Å². The summed E-state index contributed by atoms with van der Waals surface area (Å²) in [6, 6.07) is 0. The maximum Gasteiger partial charge on any atom is 0.335 e. The Bertz CT molecular complexity index is 604. The molecule has 0 amide bonds. The predicted octanol–water partition coefficient (Wildman–Crippen LogP) is 5.39. The second kappa shape index (κ2) is 16.9. The molecule has 0 bridgehead atoms. The number of hydrogen-bond donors (Lipinski definition) is 1. The van der Waals surface area contributed by atoms with Gasteiger partial charge in [0.15, 0.2) is 0 Å². The topological polar surface area (TPSA) is 82.1 Å². The minimum absolute atomic E-state index is 0.0144. The third kappa shape index (κ3) is 13.6. The van der Waals surface area contributed by atoms with Crippen molar-refractivity contribution in [2.75, 3.05) is 26.4 Å². The van der Waals surface area contributed by atoms with E-state index in [4.69, 9.17) is 14.2 Å². The Hall–Kier alpha value is -1.66. The molecule has 0 spiro atoms. The van der Waals surface area contributed by atoms with Crippen molar-refractivity contribution in [3.05, 3.63) is 24.3 Å². The fraction of sp³-hybridized carbons (Fsp3) is 0.778. The van der Waals surface area contributed by atoms with E-state index in [1.807, 2.05) is 0 Å². The molecule has 0 aromatic heterocycles. The Kier molecular flexibility index (Phi) is 15.0. The zero-order chi connectivity index (χ0) is 24.6. The van der Waals surface area contributed by atoms with Crippen LogP contribution in [0.2, 0.25) is 0 Å². The van der Waals surface area contributed by atoms with Crippen LogP contribution in [0.15, 0.2) is 24.3 Å². The van der Waals surface area contributed by atoms with Crippen molar-refractivity contribution < 1.29 is 28.9 Å². The summed E-state index contributed by atoms with van der Waals surface area (Å²) in [5, 5.41) is 9.23. The summed E-state index contributed by atoms with van der Waals surface area (Å²) in [4.78, 5) is 24.1. The SMILES string of the molecule is C=C(C)C(=O)OCC(CCC1CCC(CCCCC)CC1)COC(=O)C(=C)COCC(C)O. The summed E-state index contributed by atoms with van der Waals surface area (Å²) in [6.07, 6.45) is 11.7. The van der Waals surface area contributed by atoms with Crippen molar-refractivity contribution in [1.29, 1.82) is 0 Å². The average Bonchev–Trinajstić information content (AvgIpc) is 2.78. The van der Waals surface area contributed by atoms with E-state index < -0.39 is 18.0 Å². The second-order valence-electron chi connectivity index (χ2n) is 9.77. The molecule has 190 valence electrons. The van der Waals surface area contributed by atoms with Crippen LogP contribution in [-0.2, 0) is 23.8 Å². The summed E-state index contributed by atoms with van der Waals surface area (Å²) in [7, 11) is 0. The first-order valence-corrected chi connectivity index (χ1v) is 12.7. The smallest absolute Gasteiger partial charge is 0.335 e. The molecule has 0 aliphatic heterocycles. The zero-order valence-corrected chi connectivity index (χ0v) is 21.1. The van der Waals surface area contributed by atoms with Crippen molar-refractivity contribution in [3.8, 4) is 0 Å². The van der Waals surface area contributed by atoms with E-state index in [-0.39, 0.29) is 37.9 Å². The molecule has 0 heterocycles.